The Balaban J connectivity index is 1.56. The molecule has 24 heavy (non-hydrogen) atoms. The lowest BCUT2D eigenvalue weighted by atomic mass is 9.89. The van der Waals surface area contributed by atoms with Crippen molar-refractivity contribution in [1.29, 1.82) is 0 Å². The van der Waals surface area contributed by atoms with Gasteiger partial charge < -0.3 is 10.2 Å². The monoisotopic (exact) mass is 326 g/mol. The molecule has 128 valence electrons. The Hall–Kier alpha value is -2.14. The number of aromatic amines is 1. The maximum atomic E-state index is 11.8. The van der Waals surface area contributed by atoms with Gasteiger partial charge in [0.1, 0.15) is 0 Å². The van der Waals surface area contributed by atoms with E-state index in [2.05, 4.69) is 48.4 Å². The van der Waals surface area contributed by atoms with Gasteiger partial charge in [0.25, 0.3) is 0 Å². The van der Waals surface area contributed by atoms with Crippen molar-refractivity contribution in [1.82, 2.24) is 15.5 Å². The molecule has 0 saturated carbocycles. The lowest BCUT2D eigenvalue weighted by Gasteiger charge is -2.18. The average molecular weight is 326 g/mol. The quantitative estimate of drug-likeness (QED) is 0.887. The van der Waals surface area contributed by atoms with Gasteiger partial charge in [0.05, 0.1) is 6.20 Å². The van der Waals surface area contributed by atoms with Crippen LogP contribution >= 0.6 is 0 Å². The van der Waals surface area contributed by atoms with Gasteiger partial charge in [-0.3, -0.25) is 9.89 Å². The number of nitrogens with one attached hydrogen (secondary N) is 2. The van der Waals surface area contributed by atoms with Crippen molar-refractivity contribution in [3.8, 4) is 0 Å². The predicted octanol–water partition coefficient (Wildman–Crippen LogP) is 3.12. The van der Waals surface area contributed by atoms with E-state index in [0.717, 1.165) is 31.7 Å². The number of H-pyrrole nitrogens is 1. The van der Waals surface area contributed by atoms with Crippen LogP contribution in [0.1, 0.15) is 50.4 Å². The fraction of sp³-hybridized carbons (Fsp3) is 0.474. The van der Waals surface area contributed by atoms with E-state index in [1.54, 1.807) is 0 Å². The zero-order valence-electron chi connectivity index (χ0n) is 14.7. The standard InChI is InChI=1S/C19H26N4O/c1-19(2,3)18-15(13-21-22-18)12-20-11-14-6-8-16(9-7-14)23-10-4-5-17(23)24/h6-9,13,20H,4-5,10-12H2,1-3H3,(H,21,22). The van der Waals surface area contributed by atoms with Crippen LogP contribution in [0.15, 0.2) is 30.5 Å². The normalized spacial score (nSPS) is 15.3. The predicted molar refractivity (Wildman–Crippen MR) is 95.9 cm³/mol. The first-order chi connectivity index (χ1) is 11.4. The molecule has 1 saturated heterocycles. The number of hydrogen-bond donors (Lipinski definition) is 2. The van der Waals surface area contributed by atoms with Crippen molar-refractivity contribution in [2.24, 2.45) is 0 Å². The van der Waals surface area contributed by atoms with Gasteiger partial charge in [-0.05, 0) is 24.1 Å². The molecule has 0 aliphatic carbocycles. The molecule has 5 heteroatoms. The summed E-state index contributed by atoms with van der Waals surface area (Å²) in [5.41, 5.74) is 4.68. The third-order valence-corrected chi connectivity index (χ3v) is 4.43. The Morgan fingerprint density at radius 2 is 1.96 bits per heavy atom. The number of amides is 1. The molecule has 2 N–H and O–H groups in total. The summed E-state index contributed by atoms with van der Waals surface area (Å²) in [6.07, 6.45) is 3.53. The maximum Gasteiger partial charge on any atom is 0.227 e. The number of anilines is 1. The third kappa shape index (κ3) is 3.67. The summed E-state index contributed by atoms with van der Waals surface area (Å²) in [7, 11) is 0. The van der Waals surface area contributed by atoms with Gasteiger partial charge in [0.15, 0.2) is 0 Å². The van der Waals surface area contributed by atoms with E-state index >= 15 is 0 Å². The Labute approximate surface area is 143 Å². The molecule has 0 radical (unpaired) electrons. The van der Waals surface area contributed by atoms with Crippen LogP contribution in [-0.2, 0) is 23.3 Å². The Kier molecular flexibility index (Phi) is 4.71. The number of carbonyl (C=O) groups is 1. The van der Waals surface area contributed by atoms with E-state index in [4.69, 9.17) is 0 Å². The van der Waals surface area contributed by atoms with Gasteiger partial charge in [-0.15, -0.1) is 0 Å². The highest BCUT2D eigenvalue weighted by Crippen LogP contribution is 2.24. The van der Waals surface area contributed by atoms with E-state index in [0.29, 0.717) is 6.42 Å². The van der Waals surface area contributed by atoms with Gasteiger partial charge in [-0.2, -0.15) is 5.10 Å². The molecular formula is C19H26N4O. The Morgan fingerprint density at radius 1 is 1.21 bits per heavy atom. The smallest absolute Gasteiger partial charge is 0.227 e. The summed E-state index contributed by atoms with van der Waals surface area (Å²) >= 11 is 0. The van der Waals surface area contributed by atoms with Crippen molar-refractivity contribution in [3.63, 3.8) is 0 Å². The summed E-state index contributed by atoms with van der Waals surface area (Å²) in [6.45, 7) is 8.97. The van der Waals surface area contributed by atoms with Crippen LogP contribution in [0.2, 0.25) is 0 Å². The topological polar surface area (TPSA) is 61.0 Å². The zero-order chi connectivity index (χ0) is 17.2. The largest absolute Gasteiger partial charge is 0.312 e. The lowest BCUT2D eigenvalue weighted by Crippen LogP contribution is -2.23. The maximum absolute atomic E-state index is 11.8. The Bertz CT molecular complexity index is 697. The highest BCUT2D eigenvalue weighted by atomic mass is 16.2. The van der Waals surface area contributed by atoms with Crippen molar-refractivity contribution < 1.29 is 4.79 Å². The number of hydrogen-bond acceptors (Lipinski definition) is 3. The summed E-state index contributed by atoms with van der Waals surface area (Å²) < 4.78 is 0. The number of carbonyl (C=O) groups excluding carboxylic acids is 1. The number of nitrogens with zero attached hydrogens (tertiary/aromatic N) is 2. The molecule has 2 aromatic rings. The first kappa shape index (κ1) is 16.7. The van der Waals surface area contributed by atoms with Gasteiger partial charge >= 0.3 is 0 Å². The highest BCUT2D eigenvalue weighted by molar-refractivity contribution is 5.95. The second kappa shape index (κ2) is 6.77. The van der Waals surface area contributed by atoms with E-state index < -0.39 is 0 Å². The van der Waals surface area contributed by atoms with Crippen molar-refractivity contribution >= 4 is 11.6 Å². The number of benzene rings is 1. The minimum Gasteiger partial charge on any atom is -0.312 e. The van der Waals surface area contributed by atoms with Gasteiger partial charge in [0, 0.05) is 48.4 Å². The molecule has 1 aromatic heterocycles. The highest BCUT2D eigenvalue weighted by Gasteiger charge is 2.21. The minimum atomic E-state index is 0.0669. The van der Waals surface area contributed by atoms with Crippen LogP contribution in [0, 0.1) is 0 Å². The van der Waals surface area contributed by atoms with Gasteiger partial charge in [-0.25, -0.2) is 0 Å². The van der Waals surface area contributed by atoms with E-state index in [1.165, 1.54) is 16.8 Å². The molecule has 1 aromatic carbocycles. The summed E-state index contributed by atoms with van der Waals surface area (Å²) in [6, 6.07) is 8.26. The van der Waals surface area contributed by atoms with Gasteiger partial charge in [-0.1, -0.05) is 32.9 Å². The number of aromatic nitrogens is 2. The van der Waals surface area contributed by atoms with Gasteiger partial charge in [0.2, 0.25) is 5.91 Å². The third-order valence-electron chi connectivity index (χ3n) is 4.43. The van der Waals surface area contributed by atoms with E-state index in [-0.39, 0.29) is 11.3 Å². The second-order valence-corrected chi connectivity index (χ2v) is 7.44. The molecule has 1 aliphatic rings. The van der Waals surface area contributed by atoms with Crippen LogP contribution in [0.4, 0.5) is 5.69 Å². The summed E-state index contributed by atoms with van der Waals surface area (Å²) in [5, 5.41) is 10.8. The van der Waals surface area contributed by atoms with E-state index in [9.17, 15) is 4.79 Å². The first-order valence-corrected chi connectivity index (χ1v) is 8.58. The van der Waals surface area contributed by atoms with Crippen molar-refractivity contribution in [2.75, 3.05) is 11.4 Å². The molecule has 0 bridgehead atoms. The molecule has 0 spiro atoms. The van der Waals surface area contributed by atoms with Crippen LogP contribution in [0.5, 0.6) is 0 Å². The summed E-state index contributed by atoms with van der Waals surface area (Å²) in [4.78, 5) is 13.7. The first-order valence-electron chi connectivity index (χ1n) is 8.58. The van der Waals surface area contributed by atoms with Crippen molar-refractivity contribution in [3.05, 3.63) is 47.3 Å². The zero-order valence-corrected chi connectivity index (χ0v) is 14.7. The van der Waals surface area contributed by atoms with Crippen LogP contribution in [0.25, 0.3) is 0 Å². The minimum absolute atomic E-state index is 0.0669. The fourth-order valence-electron chi connectivity index (χ4n) is 3.15. The molecule has 0 unspecified atom stereocenters. The average Bonchev–Trinajstić information content (AvgIpc) is 3.16. The SMILES string of the molecule is CC(C)(C)c1[nH]ncc1CNCc1ccc(N2CCCC2=O)cc1. The molecule has 1 fully saturated rings. The molecule has 0 atom stereocenters. The van der Waals surface area contributed by atoms with Crippen LogP contribution in [0.3, 0.4) is 0 Å². The molecule has 1 aliphatic heterocycles. The molecule has 1 amide bonds. The fourth-order valence-corrected chi connectivity index (χ4v) is 3.15. The second-order valence-electron chi connectivity index (χ2n) is 7.44. The molecule has 3 rings (SSSR count). The lowest BCUT2D eigenvalue weighted by molar-refractivity contribution is -0.117. The van der Waals surface area contributed by atoms with E-state index in [1.807, 2.05) is 23.2 Å². The Morgan fingerprint density at radius 3 is 2.58 bits per heavy atom. The molecule has 5 nitrogen and oxygen atoms in total. The number of rotatable bonds is 5. The van der Waals surface area contributed by atoms with Crippen molar-refractivity contribution in [2.45, 2.75) is 52.1 Å². The summed E-state index contributed by atoms with van der Waals surface area (Å²) in [5.74, 6) is 0.232. The van der Waals surface area contributed by atoms with Crippen LogP contribution < -0.4 is 10.2 Å². The molecule has 2 heterocycles. The molecular weight excluding hydrogens is 300 g/mol. The van der Waals surface area contributed by atoms with Crippen LogP contribution in [-0.4, -0.2) is 22.6 Å².